The van der Waals surface area contributed by atoms with Crippen LogP contribution in [0.1, 0.15) is 28.4 Å². The van der Waals surface area contributed by atoms with Gasteiger partial charge in [-0.2, -0.15) is 0 Å². The molecule has 1 saturated heterocycles. The second-order valence-electron chi connectivity index (χ2n) is 8.45. The Morgan fingerprint density at radius 3 is 2.48 bits per heavy atom. The van der Waals surface area contributed by atoms with Crippen LogP contribution in [-0.2, 0) is 11.3 Å². The molecule has 2 aliphatic rings. The Morgan fingerprint density at radius 2 is 1.77 bits per heavy atom. The molecule has 3 aromatic rings. The number of hydrogen-bond donors (Lipinski definition) is 0. The summed E-state index contributed by atoms with van der Waals surface area (Å²) in [4.78, 5) is 39.9. The number of imide groups is 1. The van der Waals surface area contributed by atoms with Crippen molar-refractivity contribution in [1.29, 1.82) is 0 Å². The predicted molar refractivity (Wildman–Crippen MR) is 150 cm³/mol. The zero-order chi connectivity index (χ0) is 28.4. The van der Waals surface area contributed by atoms with E-state index in [9.17, 15) is 14.4 Å². The molecule has 9 nitrogen and oxygen atoms in total. The molecule has 0 N–H and O–H groups in total. The van der Waals surface area contributed by atoms with Crippen molar-refractivity contribution in [3.63, 3.8) is 0 Å². The summed E-state index contributed by atoms with van der Waals surface area (Å²) in [5, 5.41) is -0.0169. The standard InChI is InChI=1S/C28H21Cl2NO8S/c1-3-36-23-9-15(8-20(30)25(23)39-27(33)16-4-6-18(35-2)7-5-16)10-24-26(32)31(28(34)40-24)13-17-11-21-22(12-19(17)29)38-14-37-21/h4-12H,3,13-14H2,1-2H3/b24-10-. The molecule has 2 aliphatic heterocycles. The number of carbonyl (C=O) groups excluding carboxylic acids is 3. The molecular weight excluding hydrogens is 581 g/mol. The van der Waals surface area contributed by atoms with E-state index in [4.69, 9.17) is 46.9 Å². The first-order valence-electron chi connectivity index (χ1n) is 11.9. The number of nitrogens with zero attached hydrogens (tertiary/aromatic N) is 1. The number of hydrogen-bond acceptors (Lipinski definition) is 9. The lowest BCUT2D eigenvalue weighted by atomic mass is 10.1. The molecule has 0 unspecified atom stereocenters. The number of thioether (sulfide) groups is 1. The first-order chi connectivity index (χ1) is 19.3. The molecule has 5 rings (SSSR count). The van der Waals surface area contributed by atoms with Gasteiger partial charge in [-0.3, -0.25) is 14.5 Å². The number of fused-ring (bicyclic) bond motifs is 1. The van der Waals surface area contributed by atoms with Crippen LogP contribution in [0.5, 0.6) is 28.7 Å². The van der Waals surface area contributed by atoms with Gasteiger partial charge >= 0.3 is 5.97 Å². The van der Waals surface area contributed by atoms with Gasteiger partial charge in [-0.15, -0.1) is 0 Å². The van der Waals surface area contributed by atoms with E-state index >= 15 is 0 Å². The molecule has 1 fully saturated rings. The topological polar surface area (TPSA) is 101 Å². The van der Waals surface area contributed by atoms with Gasteiger partial charge in [-0.05, 0) is 78.4 Å². The Labute approximate surface area is 243 Å². The van der Waals surface area contributed by atoms with Crippen molar-refractivity contribution in [2.75, 3.05) is 20.5 Å². The molecule has 0 bridgehead atoms. The lowest BCUT2D eigenvalue weighted by Crippen LogP contribution is -2.27. The lowest BCUT2D eigenvalue weighted by Gasteiger charge is -2.14. The maximum Gasteiger partial charge on any atom is 0.343 e. The fourth-order valence-corrected chi connectivity index (χ4v) is 5.26. The van der Waals surface area contributed by atoms with Crippen molar-refractivity contribution < 1.29 is 38.1 Å². The summed E-state index contributed by atoms with van der Waals surface area (Å²) in [6.07, 6.45) is 1.52. The van der Waals surface area contributed by atoms with E-state index in [1.165, 1.54) is 19.3 Å². The minimum Gasteiger partial charge on any atom is -0.497 e. The molecule has 0 radical (unpaired) electrons. The smallest absolute Gasteiger partial charge is 0.343 e. The van der Waals surface area contributed by atoms with Crippen LogP contribution in [0.3, 0.4) is 0 Å². The Morgan fingerprint density at radius 1 is 1.05 bits per heavy atom. The van der Waals surface area contributed by atoms with E-state index in [2.05, 4.69) is 0 Å². The van der Waals surface area contributed by atoms with Gasteiger partial charge in [-0.25, -0.2) is 4.79 Å². The van der Waals surface area contributed by atoms with Crippen molar-refractivity contribution in [2.24, 2.45) is 0 Å². The van der Waals surface area contributed by atoms with Gasteiger partial charge in [-0.1, -0.05) is 23.2 Å². The van der Waals surface area contributed by atoms with E-state index in [0.717, 1.165) is 16.7 Å². The third-order valence-electron chi connectivity index (χ3n) is 5.89. The van der Waals surface area contributed by atoms with E-state index in [1.54, 1.807) is 49.4 Å². The SMILES string of the molecule is CCOc1cc(/C=C2\SC(=O)N(Cc3cc4c(cc3Cl)OCO4)C2=O)cc(Cl)c1OC(=O)c1ccc(OC)cc1. The first kappa shape index (κ1) is 27.7. The van der Waals surface area contributed by atoms with Crippen LogP contribution in [0.25, 0.3) is 6.08 Å². The highest BCUT2D eigenvalue weighted by molar-refractivity contribution is 8.18. The van der Waals surface area contributed by atoms with Crippen molar-refractivity contribution in [2.45, 2.75) is 13.5 Å². The number of esters is 1. The number of rotatable bonds is 8. The van der Waals surface area contributed by atoms with Gasteiger partial charge < -0.3 is 23.7 Å². The van der Waals surface area contributed by atoms with Crippen LogP contribution in [0, 0.1) is 0 Å². The van der Waals surface area contributed by atoms with Gasteiger partial charge in [0.2, 0.25) is 6.79 Å². The highest BCUT2D eigenvalue weighted by Crippen LogP contribution is 2.41. The van der Waals surface area contributed by atoms with Crippen LogP contribution in [0.2, 0.25) is 10.0 Å². The minimum absolute atomic E-state index is 0.0343. The summed E-state index contributed by atoms with van der Waals surface area (Å²) in [6.45, 7) is 2.07. The number of carbonyl (C=O) groups is 3. The third-order valence-corrected chi connectivity index (χ3v) is 7.43. The van der Waals surface area contributed by atoms with Gasteiger partial charge in [0.15, 0.2) is 23.0 Å². The van der Waals surface area contributed by atoms with Gasteiger partial charge in [0.1, 0.15) is 5.75 Å². The number of halogens is 2. The largest absolute Gasteiger partial charge is 0.497 e. The van der Waals surface area contributed by atoms with Gasteiger partial charge in [0.05, 0.1) is 35.8 Å². The van der Waals surface area contributed by atoms with Crippen LogP contribution in [0.4, 0.5) is 4.79 Å². The molecule has 0 atom stereocenters. The maximum atomic E-state index is 13.2. The Balaban J connectivity index is 1.37. The summed E-state index contributed by atoms with van der Waals surface area (Å²) < 4.78 is 27.0. The molecule has 3 aromatic carbocycles. The fraction of sp³-hybridized carbons (Fsp3) is 0.179. The average molecular weight is 602 g/mol. The highest BCUT2D eigenvalue weighted by atomic mass is 35.5. The van der Waals surface area contributed by atoms with Crippen molar-refractivity contribution in [3.05, 3.63) is 80.2 Å². The second-order valence-corrected chi connectivity index (χ2v) is 10.3. The lowest BCUT2D eigenvalue weighted by molar-refractivity contribution is -0.123. The number of amides is 2. The Hall–Kier alpha value is -3.86. The molecule has 206 valence electrons. The Bertz CT molecular complexity index is 1540. The maximum absolute atomic E-state index is 13.2. The fourth-order valence-electron chi connectivity index (χ4n) is 3.95. The average Bonchev–Trinajstić information content (AvgIpc) is 3.49. The summed E-state index contributed by atoms with van der Waals surface area (Å²) in [5.74, 6) is 0.698. The molecule has 0 saturated carbocycles. The molecule has 0 aromatic heterocycles. The minimum atomic E-state index is -0.637. The van der Waals surface area contributed by atoms with Crippen molar-refractivity contribution in [1.82, 2.24) is 4.90 Å². The summed E-state index contributed by atoms with van der Waals surface area (Å²) in [7, 11) is 1.53. The van der Waals surface area contributed by atoms with E-state index in [1.807, 2.05) is 0 Å². The van der Waals surface area contributed by atoms with Crippen LogP contribution >= 0.6 is 35.0 Å². The molecule has 2 amide bonds. The summed E-state index contributed by atoms with van der Waals surface area (Å²) in [5.41, 5.74) is 1.31. The van der Waals surface area contributed by atoms with E-state index in [-0.39, 0.29) is 41.4 Å². The quantitative estimate of drug-likeness (QED) is 0.161. The molecule has 12 heteroatoms. The summed E-state index contributed by atoms with van der Waals surface area (Å²) >= 11 is 13.6. The first-order valence-corrected chi connectivity index (χ1v) is 13.5. The van der Waals surface area contributed by atoms with Gasteiger partial charge in [0, 0.05) is 11.1 Å². The molecule has 2 heterocycles. The van der Waals surface area contributed by atoms with Gasteiger partial charge in [0.25, 0.3) is 11.1 Å². The summed E-state index contributed by atoms with van der Waals surface area (Å²) in [6, 6.07) is 12.7. The van der Waals surface area contributed by atoms with E-state index in [0.29, 0.717) is 39.0 Å². The molecule has 0 aliphatic carbocycles. The van der Waals surface area contributed by atoms with Crippen molar-refractivity contribution >= 4 is 58.2 Å². The zero-order valence-corrected chi connectivity index (χ0v) is 23.5. The second kappa shape index (κ2) is 11.7. The van der Waals surface area contributed by atoms with Crippen LogP contribution < -0.4 is 23.7 Å². The monoisotopic (exact) mass is 601 g/mol. The third kappa shape index (κ3) is 5.70. The van der Waals surface area contributed by atoms with Crippen LogP contribution in [-0.4, -0.2) is 42.5 Å². The van der Waals surface area contributed by atoms with Crippen LogP contribution in [0.15, 0.2) is 53.4 Å². The van der Waals surface area contributed by atoms with E-state index < -0.39 is 17.1 Å². The number of methoxy groups -OCH3 is 1. The Kier molecular flexibility index (Phi) is 8.11. The number of ether oxygens (including phenoxy) is 5. The zero-order valence-electron chi connectivity index (χ0n) is 21.2. The van der Waals surface area contributed by atoms with Crippen molar-refractivity contribution in [3.8, 4) is 28.7 Å². The normalized spacial score (nSPS) is 15.1. The number of benzene rings is 3. The molecular formula is C28H21Cl2NO8S. The highest BCUT2D eigenvalue weighted by Gasteiger charge is 2.36. The predicted octanol–water partition coefficient (Wildman–Crippen LogP) is 6.59. The molecule has 40 heavy (non-hydrogen) atoms. The molecule has 0 spiro atoms.